The summed E-state index contributed by atoms with van der Waals surface area (Å²) in [5, 5.41) is 12.3. The number of para-hydroxylation sites is 1. The predicted octanol–water partition coefficient (Wildman–Crippen LogP) is 0.981. The summed E-state index contributed by atoms with van der Waals surface area (Å²) >= 11 is 0. The predicted molar refractivity (Wildman–Crippen MR) is 107 cm³/mol. The van der Waals surface area contributed by atoms with Crippen molar-refractivity contribution in [3.63, 3.8) is 0 Å². The van der Waals surface area contributed by atoms with Crippen LogP contribution in [0.5, 0.6) is 0 Å². The highest BCUT2D eigenvalue weighted by Crippen LogP contribution is 2.14. The van der Waals surface area contributed by atoms with Crippen molar-refractivity contribution in [2.75, 3.05) is 6.61 Å². The van der Waals surface area contributed by atoms with Gasteiger partial charge in [0.15, 0.2) is 0 Å². The van der Waals surface area contributed by atoms with E-state index in [0.29, 0.717) is 10.9 Å². The Hall–Kier alpha value is -3.19. The molecular formula is C21H23N3O4. The standard InChI is InChI=1S/C21H23N3O4/c1-14(13-25)22-19(26)18(12-15-8-4-3-5-9-15)24-20(27)16-10-6-7-11-17(16)23(2)21(24)28/h3-11,14,18,25H,12-13H2,1-2H3,(H,22,26)/t14-,18-/m0/s1. The van der Waals surface area contributed by atoms with Crippen LogP contribution in [0.15, 0.2) is 64.2 Å². The molecule has 0 aliphatic heterocycles. The highest BCUT2D eigenvalue weighted by Gasteiger charge is 2.27. The first-order valence-corrected chi connectivity index (χ1v) is 9.09. The van der Waals surface area contributed by atoms with Crippen LogP contribution in [0.25, 0.3) is 10.9 Å². The number of aryl methyl sites for hydroxylation is 1. The number of carbonyl (C=O) groups is 1. The molecule has 0 fully saturated rings. The van der Waals surface area contributed by atoms with Gasteiger partial charge < -0.3 is 10.4 Å². The molecule has 0 radical (unpaired) electrons. The average Bonchev–Trinajstić information content (AvgIpc) is 2.72. The van der Waals surface area contributed by atoms with Crippen LogP contribution in [-0.4, -0.2) is 32.8 Å². The number of fused-ring (bicyclic) bond motifs is 1. The van der Waals surface area contributed by atoms with Gasteiger partial charge >= 0.3 is 5.69 Å². The number of rotatable bonds is 6. The molecule has 3 aromatic rings. The summed E-state index contributed by atoms with van der Waals surface area (Å²) in [6.45, 7) is 1.41. The molecule has 2 N–H and O–H groups in total. The minimum absolute atomic E-state index is 0.179. The molecule has 7 heteroatoms. The molecule has 1 aromatic heterocycles. The molecule has 0 saturated carbocycles. The van der Waals surface area contributed by atoms with Crippen molar-refractivity contribution in [2.45, 2.75) is 25.4 Å². The van der Waals surface area contributed by atoms with Crippen molar-refractivity contribution in [3.05, 3.63) is 81.0 Å². The third kappa shape index (κ3) is 3.75. The van der Waals surface area contributed by atoms with Crippen molar-refractivity contribution >= 4 is 16.8 Å². The van der Waals surface area contributed by atoms with Gasteiger partial charge in [0.25, 0.3) is 5.56 Å². The van der Waals surface area contributed by atoms with E-state index in [-0.39, 0.29) is 13.0 Å². The van der Waals surface area contributed by atoms with Crippen molar-refractivity contribution in [1.82, 2.24) is 14.5 Å². The Kier molecular flexibility index (Phi) is 5.75. The topological polar surface area (TPSA) is 93.3 Å². The van der Waals surface area contributed by atoms with Crippen molar-refractivity contribution in [1.29, 1.82) is 0 Å². The molecule has 3 rings (SSSR count). The molecule has 0 spiro atoms. The van der Waals surface area contributed by atoms with Gasteiger partial charge in [-0.1, -0.05) is 42.5 Å². The van der Waals surface area contributed by atoms with Crippen LogP contribution in [0.1, 0.15) is 18.5 Å². The molecule has 0 aliphatic carbocycles. The first-order chi connectivity index (χ1) is 13.4. The Bertz CT molecular complexity index is 1100. The number of nitrogens with zero attached hydrogens (tertiary/aromatic N) is 2. The molecular weight excluding hydrogens is 358 g/mol. The molecule has 146 valence electrons. The molecule has 0 aliphatic rings. The molecule has 0 saturated heterocycles. The van der Waals surface area contributed by atoms with Gasteiger partial charge in [-0.2, -0.15) is 0 Å². The second-order valence-corrected chi connectivity index (χ2v) is 6.83. The maximum Gasteiger partial charge on any atom is 0.331 e. The number of amides is 1. The fourth-order valence-corrected chi connectivity index (χ4v) is 3.23. The summed E-state index contributed by atoms with van der Waals surface area (Å²) < 4.78 is 2.38. The second kappa shape index (κ2) is 8.22. The van der Waals surface area contributed by atoms with Gasteiger partial charge in [0, 0.05) is 19.5 Å². The lowest BCUT2D eigenvalue weighted by Crippen LogP contribution is -2.49. The van der Waals surface area contributed by atoms with Gasteiger partial charge in [-0.05, 0) is 24.6 Å². The van der Waals surface area contributed by atoms with Crippen LogP contribution in [0.2, 0.25) is 0 Å². The van der Waals surface area contributed by atoms with Gasteiger partial charge in [-0.3, -0.25) is 14.2 Å². The number of hydrogen-bond donors (Lipinski definition) is 2. The van der Waals surface area contributed by atoms with Crippen LogP contribution in [0.3, 0.4) is 0 Å². The Morgan fingerprint density at radius 3 is 2.39 bits per heavy atom. The van der Waals surface area contributed by atoms with E-state index >= 15 is 0 Å². The molecule has 2 aromatic carbocycles. The van der Waals surface area contributed by atoms with Crippen LogP contribution in [-0.2, 0) is 18.3 Å². The maximum atomic E-state index is 13.1. The number of aliphatic hydroxyl groups excluding tert-OH is 1. The van der Waals surface area contributed by atoms with Gasteiger partial charge in [-0.15, -0.1) is 0 Å². The van der Waals surface area contributed by atoms with Crippen molar-refractivity contribution in [3.8, 4) is 0 Å². The van der Waals surface area contributed by atoms with E-state index in [1.54, 1.807) is 38.2 Å². The monoisotopic (exact) mass is 381 g/mol. The van der Waals surface area contributed by atoms with E-state index in [2.05, 4.69) is 5.32 Å². The van der Waals surface area contributed by atoms with E-state index < -0.39 is 29.2 Å². The summed E-state index contributed by atoms with van der Waals surface area (Å²) in [4.78, 5) is 39.0. The fourth-order valence-electron chi connectivity index (χ4n) is 3.23. The van der Waals surface area contributed by atoms with E-state index in [1.807, 2.05) is 30.3 Å². The largest absolute Gasteiger partial charge is 0.394 e. The van der Waals surface area contributed by atoms with Crippen LogP contribution >= 0.6 is 0 Å². The second-order valence-electron chi connectivity index (χ2n) is 6.83. The highest BCUT2D eigenvalue weighted by atomic mass is 16.3. The fraction of sp³-hybridized carbons (Fsp3) is 0.286. The van der Waals surface area contributed by atoms with E-state index in [0.717, 1.165) is 10.1 Å². The number of aromatic nitrogens is 2. The van der Waals surface area contributed by atoms with Crippen LogP contribution < -0.4 is 16.6 Å². The van der Waals surface area contributed by atoms with Crippen LogP contribution in [0, 0.1) is 0 Å². The third-order valence-corrected chi connectivity index (χ3v) is 4.76. The molecule has 2 atom stereocenters. The summed E-state index contributed by atoms with van der Waals surface area (Å²) in [5.41, 5.74) is 0.264. The molecule has 0 unspecified atom stereocenters. The lowest BCUT2D eigenvalue weighted by Gasteiger charge is -2.22. The summed E-state index contributed by atoms with van der Waals surface area (Å²) in [5.74, 6) is -0.486. The number of nitrogens with one attached hydrogen (secondary N) is 1. The number of carbonyl (C=O) groups excluding carboxylic acids is 1. The normalized spacial score (nSPS) is 13.2. The lowest BCUT2D eigenvalue weighted by molar-refractivity contribution is -0.125. The molecule has 7 nitrogen and oxygen atoms in total. The number of aliphatic hydroxyl groups is 1. The van der Waals surface area contributed by atoms with Gasteiger partial charge in [0.05, 0.1) is 17.5 Å². The lowest BCUT2D eigenvalue weighted by atomic mass is 10.0. The molecule has 28 heavy (non-hydrogen) atoms. The van der Waals surface area contributed by atoms with E-state index in [1.165, 1.54) is 4.57 Å². The van der Waals surface area contributed by atoms with Crippen molar-refractivity contribution < 1.29 is 9.90 Å². The Morgan fingerprint density at radius 1 is 1.07 bits per heavy atom. The SMILES string of the molecule is C[C@@H](CO)NC(=O)[C@H](Cc1ccccc1)n1c(=O)c2ccccc2n(C)c1=O. The molecule has 1 heterocycles. The smallest absolute Gasteiger partial charge is 0.331 e. The van der Waals surface area contributed by atoms with Gasteiger partial charge in [0.2, 0.25) is 5.91 Å². The van der Waals surface area contributed by atoms with Gasteiger partial charge in [-0.25, -0.2) is 9.36 Å². The quantitative estimate of drug-likeness (QED) is 0.666. The third-order valence-electron chi connectivity index (χ3n) is 4.76. The van der Waals surface area contributed by atoms with Crippen molar-refractivity contribution in [2.24, 2.45) is 7.05 Å². The zero-order valence-electron chi connectivity index (χ0n) is 15.8. The first kappa shape index (κ1) is 19.6. The maximum absolute atomic E-state index is 13.1. The summed E-state index contributed by atoms with van der Waals surface area (Å²) in [6.07, 6.45) is 0.179. The van der Waals surface area contributed by atoms with Gasteiger partial charge in [0.1, 0.15) is 6.04 Å². The highest BCUT2D eigenvalue weighted by molar-refractivity contribution is 5.82. The Morgan fingerprint density at radius 2 is 1.71 bits per heavy atom. The average molecular weight is 381 g/mol. The minimum Gasteiger partial charge on any atom is -0.394 e. The Labute approximate surface area is 161 Å². The summed E-state index contributed by atoms with van der Waals surface area (Å²) in [6, 6.07) is 14.5. The van der Waals surface area contributed by atoms with E-state index in [9.17, 15) is 19.5 Å². The van der Waals surface area contributed by atoms with Crippen LogP contribution in [0.4, 0.5) is 0 Å². The minimum atomic E-state index is -1.03. The molecule has 1 amide bonds. The Balaban J connectivity index is 2.18. The number of benzene rings is 2. The first-order valence-electron chi connectivity index (χ1n) is 9.09. The van der Waals surface area contributed by atoms with E-state index in [4.69, 9.17) is 0 Å². The molecule has 0 bridgehead atoms. The summed E-state index contributed by atoms with van der Waals surface area (Å²) in [7, 11) is 1.58. The zero-order valence-corrected chi connectivity index (χ0v) is 15.8. The number of hydrogen-bond acceptors (Lipinski definition) is 4. The zero-order chi connectivity index (χ0) is 20.3.